The van der Waals surface area contributed by atoms with Crippen molar-refractivity contribution in [3.05, 3.63) is 47.8 Å². The zero-order valence-corrected chi connectivity index (χ0v) is 16.6. The Hall–Kier alpha value is -2.95. The summed E-state index contributed by atoms with van der Waals surface area (Å²) in [4.78, 5) is 32.1. The number of halogens is 3. The summed E-state index contributed by atoms with van der Waals surface area (Å²) in [5.74, 6) is -1.73. The molecule has 2 aromatic heterocycles. The first-order chi connectivity index (χ1) is 14.1. The number of fused-ring (bicyclic) bond motifs is 1. The molecule has 1 aliphatic heterocycles. The molecule has 11 heteroatoms. The largest absolute Gasteiger partial charge is 0.490 e. The third kappa shape index (κ3) is 6.02. The summed E-state index contributed by atoms with van der Waals surface area (Å²) in [6.45, 7) is 6.71. The highest BCUT2D eigenvalue weighted by atomic mass is 19.4. The van der Waals surface area contributed by atoms with Gasteiger partial charge in [0.1, 0.15) is 5.82 Å². The van der Waals surface area contributed by atoms with Gasteiger partial charge in [-0.3, -0.25) is 9.78 Å². The van der Waals surface area contributed by atoms with Crippen LogP contribution in [0.15, 0.2) is 30.6 Å². The number of hydrogen-bond donors (Lipinski definition) is 1. The van der Waals surface area contributed by atoms with Crippen LogP contribution in [0.2, 0.25) is 0 Å². The number of ether oxygens (including phenoxy) is 1. The van der Waals surface area contributed by atoms with Gasteiger partial charge in [0.2, 0.25) is 5.91 Å². The lowest BCUT2D eigenvalue weighted by molar-refractivity contribution is -0.192. The number of aliphatic carboxylic acids is 1. The summed E-state index contributed by atoms with van der Waals surface area (Å²) in [6, 6.07) is 5.61. The Kier molecular flexibility index (Phi) is 7.93. The van der Waals surface area contributed by atoms with Crippen LogP contribution in [0, 0.1) is 0 Å². The summed E-state index contributed by atoms with van der Waals surface area (Å²) in [7, 11) is 0. The van der Waals surface area contributed by atoms with Crippen LogP contribution in [0.5, 0.6) is 0 Å². The maximum absolute atomic E-state index is 12.6. The highest BCUT2D eigenvalue weighted by Gasteiger charge is 2.38. The van der Waals surface area contributed by atoms with Gasteiger partial charge in [0.05, 0.1) is 31.0 Å². The van der Waals surface area contributed by atoms with E-state index in [1.807, 2.05) is 43.1 Å². The molecule has 164 valence electrons. The van der Waals surface area contributed by atoms with E-state index in [9.17, 15) is 18.0 Å². The Labute approximate surface area is 171 Å². The van der Waals surface area contributed by atoms with Gasteiger partial charge < -0.3 is 19.3 Å². The minimum absolute atomic E-state index is 0.0321. The molecule has 0 saturated heterocycles. The fourth-order valence-corrected chi connectivity index (χ4v) is 2.98. The van der Waals surface area contributed by atoms with Crippen molar-refractivity contribution in [3.63, 3.8) is 0 Å². The third-order valence-electron chi connectivity index (χ3n) is 4.45. The molecule has 8 nitrogen and oxygen atoms in total. The number of imidazole rings is 1. The van der Waals surface area contributed by atoms with E-state index >= 15 is 0 Å². The number of hydrogen-bond acceptors (Lipinski definition) is 5. The second-order valence-corrected chi connectivity index (χ2v) is 6.46. The summed E-state index contributed by atoms with van der Waals surface area (Å²) >= 11 is 0. The number of rotatable bonds is 5. The standard InChI is InChI=1S/C17H22N4O2.C2HF3O2/c1-3-23-12-15-11-19-17-13(2)20(8-9-21(15)17)16(22)10-14-6-4-5-7-18-14;3-2(4,5)1(6)7/h4-7,11,13H,3,8-10,12H2,1-2H3;(H,6,7). The number of aromatic nitrogens is 3. The number of alkyl halides is 3. The summed E-state index contributed by atoms with van der Waals surface area (Å²) in [5, 5.41) is 7.12. The van der Waals surface area contributed by atoms with Gasteiger partial charge in [-0.2, -0.15) is 13.2 Å². The quantitative estimate of drug-likeness (QED) is 0.786. The SMILES string of the molecule is CCOCc1cnc2n1CCN(C(=O)Cc1ccccn1)C2C.O=C(O)C(F)(F)F. The third-order valence-corrected chi connectivity index (χ3v) is 4.45. The van der Waals surface area contributed by atoms with Gasteiger partial charge in [0.25, 0.3) is 0 Å². The smallest absolute Gasteiger partial charge is 0.475 e. The van der Waals surface area contributed by atoms with Crippen LogP contribution in [-0.2, 0) is 33.9 Å². The molecule has 1 amide bonds. The van der Waals surface area contributed by atoms with Gasteiger partial charge in [-0.1, -0.05) is 6.07 Å². The molecule has 2 aromatic rings. The van der Waals surface area contributed by atoms with Crippen LogP contribution in [0.25, 0.3) is 0 Å². The molecule has 0 spiro atoms. The predicted octanol–water partition coefficient (Wildman–Crippen LogP) is 2.59. The fraction of sp³-hybridized carbons (Fsp3) is 0.474. The minimum Gasteiger partial charge on any atom is -0.475 e. The Morgan fingerprint density at radius 3 is 2.53 bits per heavy atom. The van der Waals surface area contributed by atoms with E-state index in [0.717, 1.165) is 23.8 Å². The average molecular weight is 428 g/mol. The molecule has 1 N–H and O–H groups in total. The normalized spacial score (nSPS) is 15.8. The number of amides is 1. The van der Waals surface area contributed by atoms with Crippen LogP contribution in [0.4, 0.5) is 13.2 Å². The van der Waals surface area contributed by atoms with E-state index in [0.29, 0.717) is 26.2 Å². The van der Waals surface area contributed by atoms with E-state index < -0.39 is 12.1 Å². The van der Waals surface area contributed by atoms with Crippen molar-refractivity contribution in [2.75, 3.05) is 13.2 Å². The molecule has 1 aliphatic rings. The molecule has 1 unspecified atom stereocenters. The van der Waals surface area contributed by atoms with Crippen LogP contribution >= 0.6 is 0 Å². The molecular weight excluding hydrogens is 405 g/mol. The van der Waals surface area contributed by atoms with Gasteiger partial charge >= 0.3 is 12.1 Å². The van der Waals surface area contributed by atoms with Crippen LogP contribution in [-0.4, -0.2) is 55.7 Å². The number of carboxylic acids is 1. The number of carbonyl (C=O) groups is 2. The van der Waals surface area contributed by atoms with Gasteiger partial charge in [-0.25, -0.2) is 9.78 Å². The number of carboxylic acid groups (broad SMARTS) is 1. The first-order valence-electron chi connectivity index (χ1n) is 9.26. The molecule has 0 fully saturated rings. The molecule has 0 saturated carbocycles. The van der Waals surface area contributed by atoms with E-state index in [4.69, 9.17) is 14.6 Å². The summed E-state index contributed by atoms with van der Waals surface area (Å²) in [5.41, 5.74) is 1.88. The Morgan fingerprint density at radius 1 is 1.27 bits per heavy atom. The van der Waals surface area contributed by atoms with Crippen LogP contribution in [0.1, 0.15) is 37.1 Å². The van der Waals surface area contributed by atoms with Crippen molar-refractivity contribution in [2.45, 2.75) is 45.6 Å². The topological polar surface area (TPSA) is 97.5 Å². The summed E-state index contributed by atoms with van der Waals surface area (Å²) in [6.07, 6.45) is -1.18. The van der Waals surface area contributed by atoms with Gasteiger partial charge in [0.15, 0.2) is 0 Å². The first kappa shape index (κ1) is 23.3. The predicted molar refractivity (Wildman–Crippen MR) is 99.3 cm³/mol. The molecule has 3 heterocycles. The zero-order chi connectivity index (χ0) is 22.3. The van der Waals surface area contributed by atoms with Crippen molar-refractivity contribution >= 4 is 11.9 Å². The lowest BCUT2D eigenvalue weighted by atomic mass is 10.1. The Morgan fingerprint density at radius 2 is 1.97 bits per heavy atom. The fourth-order valence-electron chi connectivity index (χ4n) is 2.98. The van der Waals surface area contributed by atoms with E-state index in [1.54, 1.807) is 6.20 Å². The van der Waals surface area contributed by atoms with E-state index in [2.05, 4.69) is 14.5 Å². The Balaban J connectivity index is 0.000000396. The second kappa shape index (κ2) is 10.2. The maximum Gasteiger partial charge on any atom is 0.490 e. The van der Waals surface area contributed by atoms with Gasteiger partial charge in [-0.15, -0.1) is 0 Å². The summed E-state index contributed by atoms with van der Waals surface area (Å²) < 4.78 is 39.4. The Bertz CT molecular complexity index is 855. The van der Waals surface area contributed by atoms with Crippen molar-refractivity contribution < 1.29 is 32.6 Å². The van der Waals surface area contributed by atoms with Crippen molar-refractivity contribution in [3.8, 4) is 0 Å². The maximum atomic E-state index is 12.6. The number of nitrogens with zero attached hydrogens (tertiary/aromatic N) is 4. The van der Waals surface area contributed by atoms with Crippen molar-refractivity contribution in [2.24, 2.45) is 0 Å². The van der Waals surface area contributed by atoms with Crippen molar-refractivity contribution in [1.82, 2.24) is 19.4 Å². The molecule has 0 aromatic carbocycles. The molecule has 3 rings (SSSR count). The van der Waals surface area contributed by atoms with Gasteiger partial charge in [-0.05, 0) is 26.0 Å². The van der Waals surface area contributed by atoms with E-state index in [-0.39, 0.29) is 11.9 Å². The van der Waals surface area contributed by atoms with Crippen molar-refractivity contribution in [1.29, 1.82) is 0 Å². The highest BCUT2D eigenvalue weighted by Crippen LogP contribution is 2.26. The van der Waals surface area contributed by atoms with E-state index in [1.165, 1.54) is 0 Å². The van der Waals surface area contributed by atoms with Gasteiger partial charge in [0, 0.05) is 31.6 Å². The average Bonchev–Trinajstić information content (AvgIpc) is 3.11. The molecule has 1 atom stereocenters. The number of pyridine rings is 1. The number of carbonyl (C=O) groups excluding carboxylic acids is 1. The molecule has 0 aliphatic carbocycles. The second-order valence-electron chi connectivity index (χ2n) is 6.46. The lowest BCUT2D eigenvalue weighted by Crippen LogP contribution is -2.42. The van der Waals surface area contributed by atoms with Crippen LogP contribution in [0.3, 0.4) is 0 Å². The zero-order valence-electron chi connectivity index (χ0n) is 16.6. The minimum atomic E-state index is -5.08. The highest BCUT2D eigenvalue weighted by molar-refractivity contribution is 5.78. The molecule has 0 radical (unpaired) electrons. The van der Waals surface area contributed by atoms with Crippen LogP contribution < -0.4 is 0 Å². The molecule has 0 bridgehead atoms. The molecular formula is C19H23F3N4O4. The lowest BCUT2D eigenvalue weighted by Gasteiger charge is -2.34. The first-order valence-corrected chi connectivity index (χ1v) is 9.26. The molecule has 30 heavy (non-hydrogen) atoms. The monoisotopic (exact) mass is 428 g/mol.